The number of aromatic nitrogens is 3. The molecule has 0 aliphatic heterocycles. The van der Waals surface area contributed by atoms with E-state index >= 15 is 0 Å². The van der Waals surface area contributed by atoms with E-state index in [1.54, 1.807) is 31.3 Å². The Labute approximate surface area is 142 Å². The Hall–Kier alpha value is -1.96. The third-order valence-corrected chi connectivity index (χ3v) is 4.68. The highest BCUT2D eigenvalue weighted by atomic mass is 32.2. The Morgan fingerprint density at radius 3 is 2.43 bits per heavy atom. The van der Waals surface area contributed by atoms with Crippen LogP contribution in [0.3, 0.4) is 0 Å². The number of benzene rings is 1. The fourth-order valence-corrected chi connectivity index (χ4v) is 3.18. The van der Waals surface area contributed by atoms with Crippen molar-refractivity contribution in [3.8, 4) is 10.9 Å². The molecule has 23 heavy (non-hydrogen) atoms. The van der Waals surface area contributed by atoms with Crippen molar-refractivity contribution in [3.63, 3.8) is 0 Å². The Morgan fingerprint density at radius 2 is 1.74 bits per heavy atom. The second kappa shape index (κ2) is 7.54. The van der Waals surface area contributed by atoms with Crippen molar-refractivity contribution < 1.29 is 9.47 Å². The van der Waals surface area contributed by atoms with E-state index in [0.29, 0.717) is 11.0 Å². The van der Waals surface area contributed by atoms with Crippen LogP contribution in [0.4, 0.5) is 0 Å². The van der Waals surface area contributed by atoms with Gasteiger partial charge in [0.1, 0.15) is 11.9 Å². The number of hydrogen-bond acceptors (Lipinski definition) is 7. The second-order valence-corrected chi connectivity index (χ2v) is 6.52. The molecule has 0 fully saturated rings. The first-order valence-corrected chi connectivity index (χ1v) is 8.56. The van der Waals surface area contributed by atoms with Crippen LogP contribution in [-0.4, -0.2) is 21.5 Å². The predicted molar refractivity (Wildman–Crippen MR) is 90.2 cm³/mol. The molecule has 3 rings (SSSR count). The van der Waals surface area contributed by atoms with Crippen LogP contribution in [0, 0.1) is 0 Å². The Kier molecular flexibility index (Phi) is 5.22. The lowest BCUT2D eigenvalue weighted by molar-refractivity contribution is 0.113. The third-order valence-electron chi connectivity index (χ3n) is 3.05. The molecular formula is C16H15N3O2S2. The third kappa shape index (κ3) is 4.28. The van der Waals surface area contributed by atoms with Crippen molar-refractivity contribution >= 4 is 23.3 Å². The van der Waals surface area contributed by atoms with E-state index in [1.165, 1.54) is 11.5 Å². The van der Waals surface area contributed by atoms with Gasteiger partial charge in [-0.1, -0.05) is 11.8 Å². The number of hydrogen-bond donors (Lipinski definition) is 0. The van der Waals surface area contributed by atoms with Crippen molar-refractivity contribution in [3.05, 3.63) is 54.6 Å². The summed E-state index contributed by atoms with van der Waals surface area (Å²) >= 11 is 2.90. The average molecular weight is 345 g/mol. The van der Waals surface area contributed by atoms with Crippen LogP contribution in [-0.2, 0) is 4.74 Å². The van der Waals surface area contributed by atoms with Crippen LogP contribution in [0.2, 0.25) is 0 Å². The molecule has 0 N–H and O–H groups in total. The topological polar surface area (TPSA) is 57.1 Å². The van der Waals surface area contributed by atoms with Crippen LogP contribution in [0.25, 0.3) is 0 Å². The molecule has 2 heterocycles. The minimum atomic E-state index is -0.136. The fraction of sp³-hybridized carbons (Fsp3) is 0.188. The maximum absolute atomic E-state index is 5.73. The molecule has 0 aliphatic rings. The minimum Gasteiger partial charge on any atom is -0.430 e. The van der Waals surface area contributed by atoms with Gasteiger partial charge in [-0.05, 0) is 43.3 Å². The molecule has 3 aromatic rings. The van der Waals surface area contributed by atoms with Crippen molar-refractivity contribution in [2.45, 2.75) is 22.8 Å². The van der Waals surface area contributed by atoms with Gasteiger partial charge < -0.3 is 9.47 Å². The lowest BCUT2D eigenvalue weighted by atomic mass is 10.3. The van der Waals surface area contributed by atoms with E-state index < -0.39 is 0 Å². The van der Waals surface area contributed by atoms with Gasteiger partial charge in [0.05, 0.1) is 0 Å². The van der Waals surface area contributed by atoms with E-state index in [-0.39, 0.29) is 6.10 Å². The molecule has 0 spiro atoms. The largest absolute Gasteiger partial charge is 0.430 e. The van der Waals surface area contributed by atoms with Gasteiger partial charge in [-0.2, -0.15) is 9.36 Å². The van der Waals surface area contributed by atoms with Crippen molar-refractivity contribution in [1.82, 2.24) is 14.3 Å². The van der Waals surface area contributed by atoms with E-state index in [1.807, 2.05) is 43.3 Å². The van der Waals surface area contributed by atoms with E-state index in [0.717, 1.165) is 15.5 Å². The maximum atomic E-state index is 5.73. The first kappa shape index (κ1) is 15.9. The van der Waals surface area contributed by atoms with Gasteiger partial charge in [0.2, 0.25) is 0 Å². The zero-order valence-electron chi connectivity index (χ0n) is 12.7. The maximum Gasteiger partial charge on any atom is 0.298 e. The Balaban J connectivity index is 1.64. The van der Waals surface area contributed by atoms with Gasteiger partial charge in [-0.25, -0.2) is 0 Å². The Morgan fingerprint density at radius 1 is 1.04 bits per heavy atom. The zero-order valence-corrected chi connectivity index (χ0v) is 14.3. The molecule has 0 saturated carbocycles. The molecule has 118 valence electrons. The van der Waals surface area contributed by atoms with Crippen LogP contribution < -0.4 is 4.74 Å². The van der Waals surface area contributed by atoms with Crippen molar-refractivity contribution in [1.29, 1.82) is 0 Å². The minimum absolute atomic E-state index is 0.136. The van der Waals surface area contributed by atoms with Gasteiger partial charge in [0, 0.05) is 40.8 Å². The summed E-state index contributed by atoms with van der Waals surface area (Å²) in [4.78, 5) is 10.6. The molecular weight excluding hydrogens is 330 g/mol. The van der Waals surface area contributed by atoms with Gasteiger partial charge in [-0.15, -0.1) is 0 Å². The number of methoxy groups -OCH3 is 1. The Bertz CT molecular complexity index is 748. The van der Waals surface area contributed by atoms with Gasteiger partial charge in [0.15, 0.2) is 5.82 Å². The number of rotatable bonds is 6. The summed E-state index contributed by atoms with van der Waals surface area (Å²) in [6, 6.07) is 11.8. The van der Waals surface area contributed by atoms with Gasteiger partial charge in [-0.3, -0.25) is 4.98 Å². The number of ether oxygens (including phenoxy) is 2. The number of nitrogens with zero attached hydrogens (tertiary/aromatic N) is 3. The molecule has 0 aliphatic carbocycles. The molecule has 0 saturated heterocycles. The highest BCUT2D eigenvalue weighted by Gasteiger charge is 2.12. The quantitative estimate of drug-likeness (QED) is 0.651. The summed E-state index contributed by atoms with van der Waals surface area (Å²) in [6.07, 6.45) is 3.43. The fourth-order valence-electron chi connectivity index (χ4n) is 1.75. The second-order valence-electron chi connectivity index (χ2n) is 4.65. The molecule has 2 aromatic heterocycles. The first-order chi connectivity index (χ1) is 11.2. The molecule has 1 aromatic carbocycles. The van der Waals surface area contributed by atoms with E-state index in [2.05, 4.69) is 14.3 Å². The molecule has 1 atom stereocenters. The molecule has 5 nitrogen and oxygen atoms in total. The predicted octanol–water partition coefficient (Wildman–Crippen LogP) is 4.58. The average Bonchev–Trinajstić information content (AvgIpc) is 3.05. The number of pyridine rings is 1. The zero-order chi connectivity index (χ0) is 16.1. The SMILES string of the molecule is CO[C@H](C)c1nsc(Oc2ccc(Sc3ccncc3)cc2)n1. The standard InChI is InChI=1S/C16H15N3O2S2/c1-11(20-2)15-18-16(23-19-15)21-12-3-5-13(6-4-12)22-14-7-9-17-10-8-14/h3-11H,1-2H3/t11-/m1/s1. The van der Waals surface area contributed by atoms with Crippen LogP contribution in [0.1, 0.15) is 18.9 Å². The first-order valence-electron chi connectivity index (χ1n) is 6.97. The van der Waals surface area contributed by atoms with Crippen LogP contribution in [0.5, 0.6) is 10.9 Å². The summed E-state index contributed by atoms with van der Waals surface area (Å²) in [7, 11) is 1.63. The van der Waals surface area contributed by atoms with Gasteiger partial charge in [0.25, 0.3) is 5.19 Å². The normalized spacial score (nSPS) is 12.1. The van der Waals surface area contributed by atoms with Crippen molar-refractivity contribution in [2.24, 2.45) is 0 Å². The summed E-state index contributed by atoms with van der Waals surface area (Å²) in [6.45, 7) is 1.90. The van der Waals surface area contributed by atoms with Crippen molar-refractivity contribution in [2.75, 3.05) is 7.11 Å². The van der Waals surface area contributed by atoms with Crippen LogP contribution >= 0.6 is 23.3 Å². The monoisotopic (exact) mass is 345 g/mol. The van der Waals surface area contributed by atoms with E-state index in [4.69, 9.17) is 9.47 Å². The lowest BCUT2D eigenvalue weighted by Crippen LogP contribution is -1.97. The lowest BCUT2D eigenvalue weighted by Gasteiger charge is -2.04. The molecule has 7 heteroatoms. The highest BCUT2D eigenvalue weighted by molar-refractivity contribution is 7.99. The summed E-state index contributed by atoms with van der Waals surface area (Å²) < 4.78 is 15.1. The smallest absolute Gasteiger partial charge is 0.298 e. The van der Waals surface area contributed by atoms with E-state index in [9.17, 15) is 0 Å². The van der Waals surface area contributed by atoms with Gasteiger partial charge >= 0.3 is 0 Å². The summed E-state index contributed by atoms with van der Waals surface area (Å²) in [5, 5.41) is 0.512. The summed E-state index contributed by atoms with van der Waals surface area (Å²) in [5.41, 5.74) is 0. The highest BCUT2D eigenvalue weighted by Crippen LogP contribution is 2.30. The molecule has 0 bridgehead atoms. The molecule has 0 radical (unpaired) electrons. The molecule has 0 amide bonds. The molecule has 0 unspecified atom stereocenters. The van der Waals surface area contributed by atoms with Crippen LogP contribution in [0.15, 0.2) is 58.6 Å². The summed E-state index contributed by atoms with van der Waals surface area (Å²) in [5.74, 6) is 1.37.